The van der Waals surface area contributed by atoms with Crippen LogP contribution in [0.5, 0.6) is 0 Å². The molecule has 0 amide bonds. The molecular weight excluding hydrogens is 144 g/mol. The van der Waals surface area contributed by atoms with Gasteiger partial charge in [0.15, 0.2) is 0 Å². The molecule has 0 aromatic carbocycles. The summed E-state index contributed by atoms with van der Waals surface area (Å²) in [6.07, 6.45) is -0.216. The maximum absolute atomic E-state index is 10.9. The molecule has 2 atom stereocenters. The fourth-order valence-electron chi connectivity index (χ4n) is 1.03. The normalized spacial score (nSPS) is 32.1. The molecule has 1 aliphatic rings. The Morgan fingerprint density at radius 1 is 1.45 bits per heavy atom. The zero-order valence-electron chi connectivity index (χ0n) is 6.92. The first-order valence-electron chi connectivity index (χ1n) is 3.64. The topological polar surface area (TPSA) is 46.5 Å². The highest BCUT2D eigenvalue weighted by atomic mass is 16.5. The fraction of sp³-hybridized carbons (Fsp3) is 0.625. The zero-order chi connectivity index (χ0) is 8.59. The van der Waals surface area contributed by atoms with Crippen molar-refractivity contribution in [2.75, 3.05) is 0 Å². The molecule has 62 valence electrons. The maximum Gasteiger partial charge on any atom is 0.337 e. The largest absolute Gasteiger partial charge is 0.511 e. The Labute approximate surface area is 65.7 Å². The van der Waals surface area contributed by atoms with Crippen molar-refractivity contribution in [2.45, 2.75) is 26.9 Å². The van der Waals surface area contributed by atoms with E-state index in [-0.39, 0.29) is 17.8 Å². The maximum atomic E-state index is 10.9. The average Bonchev–Trinajstić information content (AvgIpc) is 1.97. The third-order valence-corrected chi connectivity index (χ3v) is 2.12. The molecule has 0 radical (unpaired) electrons. The minimum Gasteiger partial charge on any atom is -0.511 e. The Morgan fingerprint density at radius 2 is 2.00 bits per heavy atom. The summed E-state index contributed by atoms with van der Waals surface area (Å²) in [4.78, 5) is 10.9. The second-order valence-corrected chi connectivity index (χ2v) is 2.91. The van der Waals surface area contributed by atoms with Gasteiger partial charge in [-0.3, -0.25) is 0 Å². The summed E-state index contributed by atoms with van der Waals surface area (Å²) in [5.74, 6) is -0.324. The van der Waals surface area contributed by atoms with E-state index >= 15 is 0 Å². The van der Waals surface area contributed by atoms with Gasteiger partial charge in [-0.15, -0.1) is 0 Å². The number of aliphatic hydroxyl groups excluding tert-OH is 1. The highest BCUT2D eigenvalue weighted by Crippen LogP contribution is 2.24. The van der Waals surface area contributed by atoms with Crippen LogP contribution in [0.1, 0.15) is 20.8 Å². The van der Waals surface area contributed by atoms with Gasteiger partial charge in [0.2, 0.25) is 0 Å². The van der Waals surface area contributed by atoms with Crippen molar-refractivity contribution >= 4 is 5.97 Å². The van der Waals surface area contributed by atoms with E-state index in [1.165, 1.54) is 0 Å². The van der Waals surface area contributed by atoms with Gasteiger partial charge in [-0.1, -0.05) is 6.92 Å². The molecular formula is C8H12O3. The molecule has 0 fully saturated rings. The molecule has 0 saturated carbocycles. The Kier molecular flexibility index (Phi) is 1.89. The number of aliphatic hydroxyl groups is 1. The van der Waals surface area contributed by atoms with Crippen LogP contribution in [0, 0.1) is 5.92 Å². The Morgan fingerprint density at radius 3 is 2.55 bits per heavy atom. The lowest BCUT2D eigenvalue weighted by atomic mass is 9.98. The van der Waals surface area contributed by atoms with E-state index in [0.717, 1.165) is 0 Å². The zero-order valence-corrected chi connectivity index (χ0v) is 6.92. The highest BCUT2D eigenvalue weighted by molar-refractivity contribution is 5.89. The predicted molar refractivity (Wildman–Crippen MR) is 40.0 cm³/mol. The Bertz CT molecular complexity index is 217. The van der Waals surface area contributed by atoms with Crippen LogP contribution in [-0.4, -0.2) is 17.2 Å². The molecule has 11 heavy (non-hydrogen) atoms. The second-order valence-electron chi connectivity index (χ2n) is 2.91. The molecule has 1 heterocycles. The lowest BCUT2D eigenvalue weighted by molar-refractivity contribution is -0.148. The molecule has 3 nitrogen and oxygen atoms in total. The third-order valence-electron chi connectivity index (χ3n) is 2.12. The van der Waals surface area contributed by atoms with E-state index in [1.54, 1.807) is 13.8 Å². The van der Waals surface area contributed by atoms with Gasteiger partial charge in [0.05, 0.1) is 11.5 Å². The highest BCUT2D eigenvalue weighted by Gasteiger charge is 2.29. The van der Waals surface area contributed by atoms with Crippen molar-refractivity contribution in [1.82, 2.24) is 0 Å². The molecule has 1 aliphatic heterocycles. The van der Waals surface area contributed by atoms with Crippen LogP contribution in [-0.2, 0) is 9.53 Å². The number of rotatable bonds is 0. The van der Waals surface area contributed by atoms with Gasteiger partial charge < -0.3 is 9.84 Å². The van der Waals surface area contributed by atoms with Gasteiger partial charge in [0.25, 0.3) is 0 Å². The average molecular weight is 156 g/mol. The van der Waals surface area contributed by atoms with E-state index in [4.69, 9.17) is 4.74 Å². The first kappa shape index (κ1) is 8.11. The van der Waals surface area contributed by atoms with E-state index in [2.05, 4.69) is 0 Å². The minimum atomic E-state index is -0.409. The molecule has 0 saturated heterocycles. The van der Waals surface area contributed by atoms with Gasteiger partial charge in [0, 0.05) is 0 Å². The van der Waals surface area contributed by atoms with Crippen LogP contribution in [0.15, 0.2) is 11.3 Å². The smallest absolute Gasteiger partial charge is 0.337 e. The molecule has 0 aromatic heterocycles. The van der Waals surface area contributed by atoms with E-state index in [0.29, 0.717) is 5.57 Å². The first-order valence-corrected chi connectivity index (χ1v) is 3.64. The first-order chi connectivity index (χ1) is 5.04. The van der Waals surface area contributed by atoms with Crippen LogP contribution in [0.4, 0.5) is 0 Å². The SMILES string of the molecule is CC1=C(O)[C@H](C)C(C)OC1=O. The Hall–Kier alpha value is -0.990. The third kappa shape index (κ3) is 1.23. The van der Waals surface area contributed by atoms with Gasteiger partial charge >= 0.3 is 5.97 Å². The van der Waals surface area contributed by atoms with Gasteiger partial charge in [-0.2, -0.15) is 0 Å². The van der Waals surface area contributed by atoms with Gasteiger partial charge in [-0.25, -0.2) is 4.79 Å². The van der Waals surface area contributed by atoms with Crippen LogP contribution in [0.2, 0.25) is 0 Å². The van der Waals surface area contributed by atoms with Crippen LogP contribution in [0.25, 0.3) is 0 Å². The van der Waals surface area contributed by atoms with Crippen molar-refractivity contribution in [3.63, 3.8) is 0 Å². The number of ether oxygens (including phenoxy) is 1. The summed E-state index contributed by atoms with van der Waals surface area (Å²) in [6, 6.07) is 0. The van der Waals surface area contributed by atoms with Crippen molar-refractivity contribution in [1.29, 1.82) is 0 Å². The lowest BCUT2D eigenvalue weighted by Crippen LogP contribution is -2.30. The molecule has 0 bridgehead atoms. The number of carbonyl (C=O) groups excluding carboxylic acids is 1. The van der Waals surface area contributed by atoms with E-state index in [9.17, 15) is 9.90 Å². The molecule has 1 unspecified atom stereocenters. The quantitative estimate of drug-likeness (QED) is 0.539. The van der Waals surface area contributed by atoms with Gasteiger partial charge in [0.1, 0.15) is 11.9 Å². The van der Waals surface area contributed by atoms with Crippen molar-refractivity contribution < 1.29 is 14.6 Å². The fourth-order valence-corrected chi connectivity index (χ4v) is 1.03. The predicted octanol–water partition coefficient (Wildman–Crippen LogP) is 1.40. The Balaban J connectivity index is 2.98. The standard InChI is InChI=1S/C8H12O3/c1-4-6(3)11-8(10)5(2)7(4)9/h4,6,9H,1-3H3/t4-,6?/m1/s1. The van der Waals surface area contributed by atoms with Crippen molar-refractivity contribution in [3.8, 4) is 0 Å². The van der Waals surface area contributed by atoms with Crippen LogP contribution in [0.3, 0.4) is 0 Å². The summed E-state index contributed by atoms with van der Waals surface area (Å²) in [7, 11) is 0. The number of hydrogen-bond acceptors (Lipinski definition) is 3. The molecule has 0 aliphatic carbocycles. The number of carbonyl (C=O) groups is 1. The summed E-state index contributed by atoms with van der Waals surface area (Å²) in [6.45, 7) is 5.17. The summed E-state index contributed by atoms with van der Waals surface area (Å²) < 4.78 is 4.92. The molecule has 1 N–H and O–H groups in total. The number of esters is 1. The lowest BCUT2D eigenvalue weighted by Gasteiger charge is -2.25. The second kappa shape index (κ2) is 2.57. The number of hydrogen-bond donors (Lipinski definition) is 1. The summed E-state index contributed by atoms with van der Waals surface area (Å²) in [5.41, 5.74) is 0.329. The number of cyclic esters (lactones) is 1. The van der Waals surface area contributed by atoms with Crippen molar-refractivity contribution in [2.24, 2.45) is 5.92 Å². The molecule has 3 heteroatoms. The minimum absolute atomic E-state index is 0.0762. The van der Waals surface area contributed by atoms with E-state index in [1.807, 2.05) is 6.92 Å². The van der Waals surface area contributed by atoms with Gasteiger partial charge in [-0.05, 0) is 13.8 Å². The summed E-state index contributed by atoms with van der Waals surface area (Å²) >= 11 is 0. The molecule has 0 aromatic rings. The van der Waals surface area contributed by atoms with Crippen LogP contribution < -0.4 is 0 Å². The van der Waals surface area contributed by atoms with E-state index < -0.39 is 5.97 Å². The van der Waals surface area contributed by atoms with Crippen LogP contribution >= 0.6 is 0 Å². The molecule has 1 rings (SSSR count). The van der Waals surface area contributed by atoms with Crippen molar-refractivity contribution in [3.05, 3.63) is 11.3 Å². The summed E-state index contributed by atoms with van der Waals surface area (Å²) in [5, 5.41) is 9.37. The molecule has 0 spiro atoms. The monoisotopic (exact) mass is 156 g/mol.